The first-order valence-corrected chi connectivity index (χ1v) is 11.8. The van der Waals surface area contributed by atoms with Crippen LogP contribution in [0.2, 0.25) is 0 Å². The lowest BCUT2D eigenvalue weighted by atomic mass is 10.1. The highest BCUT2D eigenvalue weighted by molar-refractivity contribution is 6.03. The van der Waals surface area contributed by atoms with Crippen molar-refractivity contribution in [2.75, 3.05) is 16.8 Å². The van der Waals surface area contributed by atoms with Crippen molar-refractivity contribution < 1.29 is 18.7 Å². The molecule has 188 valence electrons. The summed E-state index contributed by atoms with van der Waals surface area (Å²) in [5, 5.41) is 7.32. The minimum Gasteiger partial charge on any atom is -0.439 e. The first kappa shape index (κ1) is 24.1. The summed E-state index contributed by atoms with van der Waals surface area (Å²) in [6.07, 6.45) is 0.0923. The van der Waals surface area contributed by atoms with E-state index >= 15 is 0 Å². The van der Waals surface area contributed by atoms with Gasteiger partial charge in [0.1, 0.15) is 17.4 Å². The van der Waals surface area contributed by atoms with Gasteiger partial charge >= 0.3 is 0 Å². The van der Waals surface area contributed by atoms with Gasteiger partial charge in [-0.15, -0.1) is 0 Å². The van der Waals surface area contributed by atoms with E-state index in [9.17, 15) is 14.0 Å². The maximum atomic E-state index is 13.2. The van der Waals surface area contributed by atoms with E-state index in [1.165, 1.54) is 29.2 Å². The topological polar surface area (TPSA) is 102 Å². The van der Waals surface area contributed by atoms with E-state index in [4.69, 9.17) is 4.74 Å². The van der Waals surface area contributed by atoms with Crippen LogP contribution < -0.4 is 15.0 Å². The molecule has 2 aromatic heterocycles. The van der Waals surface area contributed by atoms with Gasteiger partial charge in [-0.25, -0.2) is 14.1 Å². The monoisotopic (exact) mass is 500 g/mol. The summed E-state index contributed by atoms with van der Waals surface area (Å²) >= 11 is 0. The number of carbonyl (C=O) groups is 2. The maximum absolute atomic E-state index is 13.2. The molecule has 1 unspecified atom stereocenters. The molecule has 1 atom stereocenters. The van der Waals surface area contributed by atoms with Crippen LogP contribution in [0.4, 0.5) is 15.8 Å². The number of carbonyl (C=O) groups excluding carboxylic acids is 2. The standard InChI is InChI=1S/C27H25FN6O3/c1-16-12-17(2)34(32-16)24-14-25(30-18(3)29-24)37-23-10-6-21(7-11-23)31-27(36)19-13-26(35)33(15-19)22-8-4-20(28)5-9-22/h4-12,14,19H,13,15H2,1-3H3,(H,31,36). The van der Waals surface area contributed by atoms with Crippen LogP contribution in [0.15, 0.2) is 60.7 Å². The van der Waals surface area contributed by atoms with Crippen molar-refractivity contribution in [3.05, 3.63) is 83.7 Å². The Morgan fingerprint density at radius 2 is 1.76 bits per heavy atom. The number of aromatic nitrogens is 4. The van der Waals surface area contributed by atoms with Crippen LogP contribution in [0.5, 0.6) is 11.6 Å². The van der Waals surface area contributed by atoms with Gasteiger partial charge in [0.2, 0.25) is 17.7 Å². The lowest BCUT2D eigenvalue weighted by Crippen LogP contribution is -2.28. The Morgan fingerprint density at radius 3 is 2.43 bits per heavy atom. The molecule has 4 aromatic rings. The number of hydrogen-bond donors (Lipinski definition) is 1. The lowest BCUT2D eigenvalue weighted by Gasteiger charge is -2.16. The van der Waals surface area contributed by atoms with Gasteiger partial charge in [-0.2, -0.15) is 10.1 Å². The van der Waals surface area contributed by atoms with Crippen LogP contribution in [-0.2, 0) is 9.59 Å². The normalized spacial score (nSPS) is 15.2. The van der Waals surface area contributed by atoms with Gasteiger partial charge in [-0.05, 0) is 75.4 Å². The molecule has 1 N–H and O–H groups in total. The van der Waals surface area contributed by atoms with Crippen molar-refractivity contribution in [1.29, 1.82) is 0 Å². The fourth-order valence-electron chi connectivity index (χ4n) is 4.27. The molecule has 2 aromatic carbocycles. The zero-order valence-electron chi connectivity index (χ0n) is 20.6. The van der Waals surface area contributed by atoms with Crippen molar-refractivity contribution >= 4 is 23.2 Å². The van der Waals surface area contributed by atoms with Gasteiger partial charge in [0.15, 0.2) is 5.82 Å². The highest BCUT2D eigenvalue weighted by Gasteiger charge is 2.35. The Kier molecular flexibility index (Phi) is 6.39. The molecule has 1 fully saturated rings. The van der Waals surface area contributed by atoms with Gasteiger partial charge in [0.25, 0.3) is 0 Å². The van der Waals surface area contributed by atoms with E-state index in [0.29, 0.717) is 34.6 Å². The van der Waals surface area contributed by atoms with E-state index < -0.39 is 5.92 Å². The SMILES string of the molecule is Cc1cc(C)n(-c2cc(Oc3ccc(NC(=O)C4CC(=O)N(c5ccc(F)cc5)C4)cc3)nc(C)n2)n1. The Labute approximate surface area is 212 Å². The zero-order valence-corrected chi connectivity index (χ0v) is 20.6. The van der Waals surface area contributed by atoms with Gasteiger partial charge in [-0.3, -0.25) is 9.59 Å². The van der Waals surface area contributed by atoms with Crippen LogP contribution in [0.3, 0.4) is 0 Å². The fraction of sp³-hybridized carbons (Fsp3) is 0.222. The van der Waals surface area contributed by atoms with Gasteiger partial charge in [0, 0.05) is 36.1 Å². The summed E-state index contributed by atoms with van der Waals surface area (Å²) in [7, 11) is 0. The number of nitrogens with zero attached hydrogens (tertiary/aromatic N) is 5. The molecule has 37 heavy (non-hydrogen) atoms. The number of aryl methyl sites for hydroxylation is 3. The summed E-state index contributed by atoms with van der Waals surface area (Å²) in [6, 6.07) is 16.2. The number of rotatable bonds is 6. The fourth-order valence-corrected chi connectivity index (χ4v) is 4.27. The summed E-state index contributed by atoms with van der Waals surface area (Å²) in [4.78, 5) is 35.5. The predicted molar refractivity (Wildman–Crippen MR) is 135 cm³/mol. The van der Waals surface area contributed by atoms with Gasteiger partial charge in [0.05, 0.1) is 11.6 Å². The second-order valence-corrected chi connectivity index (χ2v) is 8.95. The first-order chi connectivity index (χ1) is 17.7. The van der Waals surface area contributed by atoms with Crippen LogP contribution in [0.25, 0.3) is 5.82 Å². The molecule has 1 aliphatic heterocycles. The Bertz CT molecular complexity index is 1470. The van der Waals surface area contributed by atoms with Gasteiger partial charge < -0.3 is 15.0 Å². The number of benzene rings is 2. The minimum absolute atomic E-state index is 0.0923. The zero-order chi connectivity index (χ0) is 26.1. The van der Waals surface area contributed by atoms with Crippen molar-refractivity contribution in [2.24, 2.45) is 5.92 Å². The number of halogens is 1. The summed E-state index contributed by atoms with van der Waals surface area (Å²) < 4.78 is 20.9. The average Bonchev–Trinajstić information content (AvgIpc) is 3.41. The van der Waals surface area contributed by atoms with Crippen molar-refractivity contribution in [2.45, 2.75) is 27.2 Å². The first-order valence-electron chi connectivity index (χ1n) is 11.8. The number of amides is 2. The molecule has 1 aliphatic rings. The second-order valence-electron chi connectivity index (χ2n) is 8.95. The van der Waals surface area contributed by atoms with Crippen LogP contribution in [0, 0.1) is 32.5 Å². The van der Waals surface area contributed by atoms with Crippen LogP contribution in [0.1, 0.15) is 23.6 Å². The molecule has 0 spiro atoms. The predicted octanol–water partition coefficient (Wildman–Crippen LogP) is 4.51. The number of anilines is 2. The molecule has 1 saturated heterocycles. The third-order valence-electron chi connectivity index (χ3n) is 6.01. The molecule has 0 saturated carbocycles. The molecule has 0 bridgehead atoms. The average molecular weight is 501 g/mol. The molecule has 5 rings (SSSR count). The van der Waals surface area contributed by atoms with Gasteiger partial charge in [-0.1, -0.05) is 0 Å². The summed E-state index contributed by atoms with van der Waals surface area (Å²) in [5.41, 5.74) is 2.99. The quantitative estimate of drug-likeness (QED) is 0.418. The summed E-state index contributed by atoms with van der Waals surface area (Å²) in [6.45, 7) is 5.89. The Morgan fingerprint density at radius 1 is 1.03 bits per heavy atom. The highest BCUT2D eigenvalue weighted by Crippen LogP contribution is 2.27. The smallest absolute Gasteiger partial charge is 0.229 e. The van der Waals surface area contributed by atoms with Crippen molar-refractivity contribution in [3.8, 4) is 17.4 Å². The Hall–Kier alpha value is -4.60. The molecule has 2 amide bonds. The number of hydrogen-bond acceptors (Lipinski definition) is 6. The van der Waals surface area contributed by atoms with E-state index in [1.54, 1.807) is 41.9 Å². The minimum atomic E-state index is -0.509. The lowest BCUT2D eigenvalue weighted by molar-refractivity contribution is -0.122. The van der Waals surface area contributed by atoms with E-state index in [-0.39, 0.29) is 30.6 Å². The molecular weight excluding hydrogens is 475 g/mol. The van der Waals surface area contributed by atoms with Crippen molar-refractivity contribution in [3.63, 3.8) is 0 Å². The number of nitrogens with one attached hydrogen (secondary N) is 1. The molecular formula is C27H25FN6O3. The van der Waals surface area contributed by atoms with Crippen LogP contribution in [-0.4, -0.2) is 38.1 Å². The molecule has 3 heterocycles. The van der Waals surface area contributed by atoms with Crippen molar-refractivity contribution in [1.82, 2.24) is 19.7 Å². The van der Waals surface area contributed by atoms with Crippen LogP contribution >= 0.6 is 0 Å². The molecule has 10 heteroatoms. The van der Waals surface area contributed by atoms with E-state index in [2.05, 4.69) is 20.4 Å². The molecule has 0 aliphatic carbocycles. The third kappa shape index (κ3) is 5.32. The third-order valence-corrected chi connectivity index (χ3v) is 6.01. The number of ether oxygens (including phenoxy) is 1. The largest absolute Gasteiger partial charge is 0.439 e. The second kappa shape index (κ2) is 9.81. The summed E-state index contributed by atoms with van der Waals surface area (Å²) in [5.74, 6) is 0.748. The highest BCUT2D eigenvalue weighted by atomic mass is 19.1. The molecule has 9 nitrogen and oxygen atoms in total. The van der Waals surface area contributed by atoms with E-state index in [0.717, 1.165) is 11.4 Å². The van der Waals surface area contributed by atoms with E-state index in [1.807, 2.05) is 19.9 Å². The maximum Gasteiger partial charge on any atom is 0.229 e. The molecule has 0 radical (unpaired) electrons. The Balaban J connectivity index is 1.23.